The van der Waals surface area contributed by atoms with Gasteiger partial charge >= 0.3 is 37.7 Å². The van der Waals surface area contributed by atoms with E-state index in [4.69, 9.17) is 5.26 Å². The van der Waals surface area contributed by atoms with Crippen molar-refractivity contribution in [1.29, 1.82) is 0 Å². The third kappa shape index (κ3) is 9.80. The van der Waals surface area contributed by atoms with E-state index in [0.717, 1.165) is 0 Å². The zero-order chi connectivity index (χ0) is 2.71. The molecule has 0 aromatic heterocycles. The van der Waals surface area contributed by atoms with E-state index in [2.05, 4.69) is 16.3 Å². The zero-order valence-corrected chi connectivity index (χ0v) is 4.90. The Hall–Kier alpha value is 1.47. The largest absolute Gasteiger partial charge is 2.00 e. The number of hydrogen-bond donors (Lipinski definition) is 1. The molecular weight excluding hydrogens is 108 g/mol. The van der Waals surface area contributed by atoms with Gasteiger partial charge in [-0.05, 0) is 0 Å². The van der Waals surface area contributed by atoms with Gasteiger partial charge in [0.15, 0.2) is 0 Å². The molecular formula is H3CaClO2. The van der Waals surface area contributed by atoms with E-state index in [1.807, 2.05) is 0 Å². The van der Waals surface area contributed by atoms with Gasteiger partial charge in [0.05, 0.1) is 11.9 Å². The maximum atomic E-state index is 6.83. The van der Waals surface area contributed by atoms with Crippen molar-refractivity contribution in [2.24, 2.45) is 0 Å². The van der Waals surface area contributed by atoms with Crippen LogP contribution in [0.2, 0.25) is 0 Å². The third-order valence-electron chi connectivity index (χ3n) is 0. The summed E-state index contributed by atoms with van der Waals surface area (Å²) in [5.74, 6) is 0. The van der Waals surface area contributed by atoms with E-state index in [1.165, 1.54) is 0 Å². The summed E-state index contributed by atoms with van der Waals surface area (Å²) in [5.41, 5.74) is 0. The van der Waals surface area contributed by atoms with Gasteiger partial charge < -0.3 is 2.85 Å². The molecule has 0 fully saturated rings. The molecule has 0 aliphatic rings. The van der Waals surface area contributed by atoms with E-state index < -0.39 is 0 Å². The summed E-state index contributed by atoms with van der Waals surface area (Å²) in [7, 11) is 0. The molecule has 0 amide bonds. The molecule has 0 spiro atoms. The second kappa shape index (κ2) is 8.82. The fourth-order valence-electron chi connectivity index (χ4n) is 0. The summed E-state index contributed by atoms with van der Waals surface area (Å²) in [6.45, 7) is 0. The van der Waals surface area contributed by atoms with Gasteiger partial charge in [-0.15, -0.1) is 4.44 Å². The second-order valence-corrected chi connectivity index (χ2v) is 0.207. The van der Waals surface area contributed by atoms with Gasteiger partial charge in [0, 0.05) is 0 Å². The topological polar surface area (TPSA) is 29.5 Å². The van der Waals surface area contributed by atoms with Crippen molar-refractivity contribution in [1.82, 2.24) is 0 Å². The molecule has 0 saturated heterocycles. The standard InChI is InChI=1S/Ca.ClHO2.2H/c;1-3-2;;/h;2H;;/q+2;;2*-1. The molecule has 0 radical (unpaired) electrons. The van der Waals surface area contributed by atoms with Crippen molar-refractivity contribution in [3.63, 3.8) is 0 Å². The van der Waals surface area contributed by atoms with Gasteiger partial charge in [-0.3, -0.25) is 0 Å². The first-order chi connectivity index (χ1) is 1.41. The van der Waals surface area contributed by atoms with Gasteiger partial charge in [-0.1, -0.05) is 0 Å². The molecule has 0 heterocycles. The number of hydrogen-bond acceptors (Lipinski definition) is 2. The van der Waals surface area contributed by atoms with Crippen LogP contribution in [-0.2, 0) is 4.44 Å². The fourth-order valence-corrected chi connectivity index (χ4v) is 0. The van der Waals surface area contributed by atoms with Crippen LogP contribution in [-0.4, -0.2) is 43.0 Å². The molecule has 4 heteroatoms. The molecule has 0 bridgehead atoms. The molecule has 0 rings (SSSR count). The van der Waals surface area contributed by atoms with Crippen LogP contribution in [0.5, 0.6) is 0 Å². The van der Waals surface area contributed by atoms with E-state index >= 15 is 0 Å². The molecule has 2 nitrogen and oxygen atoms in total. The van der Waals surface area contributed by atoms with Crippen molar-refractivity contribution in [3.8, 4) is 0 Å². The van der Waals surface area contributed by atoms with Crippen LogP contribution in [0.25, 0.3) is 0 Å². The van der Waals surface area contributed by atoms with Crippen LogP contribution in [0.3, 0.4) is 0 Å². The quantitative estimate of drug-likeness (QED) is 0.279. The Morgan fingerprint density at radius 1 is 2.00 bits per heavy atom. The minimum atomic E-state index is 0. The Labute approximate surface area is 61.8 Å². The predicted octanol–water partition coefficient (Wildman–Crippen LogP) is 0.474. The van der Waals surface area contributed by atoms with E-state index in [9.17, 15) is 0 Å². The molecule has 0 unspecified atom stereocenters. The van der Waals surface area contributed by atoms with Crippen LogP contribution >= 0.6 is 11.9 Å². The molecule has 0 aliphatic carbocycles. The average molecular weight is 111 g/mol. The first-order valence-corrected chi connectivity index (χ1v) is 0.645. The molecule has 0 aliphatic heterocycles. The summed E-state index contributed by atoms with van der Waals surface area (Å²) in [5, 5.41) is 6.83. The zero-order valence-electron chi connectivity index (χ0n) is 3.94. The van der Waals surface area contributed by atoms with Crippen LogP contribution < -0.4 is 0 Å². The Kier molecular flexibility index (Phi) is 20.0. The van der Waals surface area contributed by atoms with Crippen LogP contribution in [0, 0.1) is 0 Å². The Bertz CT molecular complexity index is 11.5. The summed E-state index contributed by atoms with van der Waals surface area (Å²) >= 11 is 4.05. The summed E-state index contributed by atoms with van der Waals surface area (Å²) in [6, 6.07) is 0. The molecule has 0 saturated carbocycles. The monoisotopic (exact) mass is 110 g/mol. The van der Waals surface area contributed by atoms with Crippen LogP contribution in [0.4, 0.5) is 0 Å². The van der Waals surface area contributed by atoms with Gasteiger partial charge in [0.25, 0.3) is 0 Å². The molecule has 24 valence electrons. The SMILES string of the molecule is OOCl.[Ca+2].[H-].[H-]. The predicted molar refractivity (Wildman–Crippen MR) is 17.5 cm³/mol. The first kappa shape index (κ1) is 9.08. The fraction of sp³-hybridized carbons (Fsp3) is 0. The van der Waals surface area contributed by atoms with Gasteiger partial charge in [-0.25, -0.2) is 5.26 Å². The van der Waals surface area contributed by atoms with E-state index in [1.54, 1.807) is 0 Å². The van der Waals surface area contributed by atoms with Crippen molar-refractivity contribution in [2.45, 2.75) is 0 Å². The average Bonchev–Trinajstić information content (AvgIpc) is 0.918. The molecule has 0 aromatic rings. The Morgan fingerprint density at radius 3 is 2.00 bits per heavy atom. The minimum Gasteiger partial charge on any atom is -1.00 e. The van der Waals surface area contributed by atoms with Crippen molar-refractivity contribution in [3.05, 3.63) is 0 Å². The Balaban J connectivity index is -0.00000000667. The van der Waals surface area contributed by atoms with Crippen molar-refractivity contribution >= 4 is 49.6 Å². The maximum absolute atomic E-state index is 6.83. The van der Waals surface area contributed by atoms with Gasteiger partial charge in [0.1, 0.15) is 0 Å². The molecule has 4 heavy (non-hydrogen) atoms. The normalized spacial score (nSPS) is 4.50. The summed E-state index contributed by atoms with van der Waals surface area (Å²) < 4.78 is 2.72. The first-order valence-electron chi connectivity index (χ1n) is 0.337. The second-order valence-electron chi connectivity index (χ2n) is 0.0690. The van der Waals surface area contributed by atoms with Crippen LogP contribution in [0.15, 0.2) is 0 Å². The molecule has 0 atom stereocenters. The smallest absolute Gasteiger partial charge is 1.00 e. The number of halogens is 1. The minimum absolute atomic E-state index is 0. The molecule has 1 N–H and O–H groups in total. The Morgan fingerprint density at radius 2 is 2.00 bits per heavy atom. The van der Waals surface area contributed by atoms with Crippen LogP contribution in [0.1, 0.15) is 2.85 Å². The van der Waals surface area contributed by atoms with Crippen molar-refractivity contribution in [2.75, 3.05) is 0 Å². The van der Waals surface area contributed by atoms with Crippen molar-refractivity contribution < 1.29 is 12.6 Å². The molecule has 0 aromatic carbocycles. The van der Waals surface area contributed by atoms with Gasteiger partial charge in [0.2, 0.25) is 0 Å². The van der Waals surface area contributed by atoms with E-state index in [-0.39, 0.29) is 40.6 Å². The number of rotatable bonds is 0. The van der Waals surface area contributed by atoms with Gasteiger partial charge in [-0.2, -0.15) is 0 Å². The van der Waals surface area contributed by atoms with E-state index in [0.29, 0.717) is 0 Å². The maximum Gasteiger partial charge on any atom is 2.00 e. The third-order valence-corrected chi connectivity index (χ3v) is 0. The summed E-state index contributed by atoms with van der Waals surface area (Å²) in [4.78, 5) is 0. The summed E-state index contributed by atoms with van der Waals surface area (Å²) in [6.07, 6.45) is 0.